The molecule has 5 nitrogen and oxygen atoms in total. The summed E-state index contributed by atoms with van der Waals surface area (Å²) in [6.45, 7) is 0. The second-order valence-corrected chi connectivity index (χ2v) is 15.1. The molecule has 55 heavy (non-hydrogen) atoms. The van der Waals surface area contributed by atoms with Crippen molar-refractivity contribution in [1.29, 1.82) is 0 Å². The fraction of sp³-hybridized carbons (Fsp3) is 0. The van der Waals surface area contributed by atoms with E-state index in [1.54, 1.807) is 11.3 Å². The molecule has 0 spiro atoms. The molecule has 0 aliphatic heterocycles. The number of para-hydroxylation sites is 2. The van der Waals surface area contributed by atoms with Crippen LogP contribution in [0.25, 0.3) is 115 Å². The number of furan rings is 1. The molecule has 256 valence electrons. The predicted molar refractivity (Wildman–Crippen MR) is 228 cm³/mol. The summed E-state index contributed by atoms with van der Waals surface area (Å²) >= 11 is 1.80. The van der Waals surface area contributed by atoms with Crippen molar-refractivity contribution in [2.45, 2.75) is 0 Å². The minimum Gasteiger partial charge on any atom is -0.456 e. The first-order chi connectivity index (χ1) is 27.2. The minimum atomic E-state index is 0.601. The molecule has 12 rings (SSSR count). The molecular formula is C49H28N4OS. The number of rotatable bonds is 4. The maximum atomic E-state index is 6.25. The van der Waals surface area contributed by atoms with Crippen LogP contribution in [0.1, 0.15) is 0 Å². The van der Waals surface area contributed by atoms with Crippen LogP contribution in [-0.4, -0.2) is 19.5 Å². The molecule has 6 heteroatoms. The molecular weight excluding hydrogens is 693 g/mol. The second-order valence-electron chi connectivity index (χ2n) is 14.0. The average Bonchev–Trinajstić information content (AvgIpc) is 3.93. The van der Waals surface area contributed by atoms with Crippen LogP contribution in [0.3, 0.4) is 0 Å². The monoisotopic (exact) mass is 720 g/mol. The Bertz CT molecular complexity index is 3500. The van der Waals surface area contributed by atoms with Gasteiger partial charge in [-0.15, -0.1) is 11.3 Å². The molecule has 0 fully saturated rings. The van der Waals surface area contributed by atoms with E-state index in [2.05, 4.69) is 120 Å². The molecule has 0 aliphatic carbocycles. The van der Waals surface area contributed by atoms with Gasteiger partial charge in [0.25, 0.3) is 0 Å². The molecule has 8 aromatic carbocycles. The topological polar surface area (TPSA) is 56.7 Å². The molecule has 12 aromatic rings. The summed E-state index contributed by atoms with van der Waals surface area (Å²) in [4.78, 5) is 15.2. The molecule has 0 aliphatic rings. The molecule has 0 bridgehead atoms. The quantitative estimate of drug-likeness (QED) is 0.182. The first-order valence-corrected chi connectivity index (χ1v) is 19.2. The van der Waals surface area contributed by atoms with E-state index in [1.165, 1.54) is 58.4 Å². The Morgan fingerprint density at radius 1 is 0.400 bits per heavy atom. The first-order valence-electron chi connectivity index (χ1n) is 18.4. The van der Waals surface area contributed by atoms with Crippen molar-refractivity contribution in [3.63, 3.8) is 0 Å². The highest BCUT2D eigenvalue weighted by atomic mass is 32.1. The van der Waals surface area contributed by atoms with Crippen molar-refractivity contribution < 1.29 is 4.42 Å². The van der Waals surface area contributed by atoms with Crippen LogP contribution in [-0.2, 0) is 0 Å². The van der Waals surface area contributed by atoms with Gasteiger partial charge in [0.05, 0.1) is 16.7 Å². The number of hydrogen-bond donors (Lipinski definition) is 0. The van der Waals surface area contributed by atoms with E-state index in [1.807, 2.05) is 54.6 Å². The van der Waals surface area contributed by atoms with Crippen LogP contribution in [0.5, 0.6) is 0 Å². The molecule has 0 radical (unpaired) electrons. The third-order valence-corrected chi connectivity index (χ3v) is 12.0. The van der Waals surface area contributed by atoms with E-state index < -0.39 is 0 Å². The van der Waals surface area contributed by atoms with Crippen LogP contribution < -0.4 is 0 Å². The second kappa shape index (κ2) is 11.7. The van der Waals surface area contributed by atoms with Gasteiger partial charge in [0.1, 0.15) is 11.2 Å². The van der Waals surface area contributed by atoms with Crippen molar-refractivity contribution in [3.8, 4) is 39.9 Å². The highest BCUT2D eigenvalue weighted by Crippen LogP contribution is 2.43. The van der Waals surface area contributed by atoms with Gasteiger partial charge in [-0.25, -0.2) is 15.0 Å². The summed E-state index contributed by atoms with van der Waals surface area (Å²) in [6, 6.07) is 59.7. The molecule has 0 amide bonds. The zero-order valence-electron chi connectivity index (χ0n) is 29.3. The highest BCUT2D eigenvalue weighted by molar-refractivity contribution is 7.26. The van der Waals surface area contributed by atoms with Gasteiger partial charge < -0.3 is 8.98 Å². The summed E-state index contributed by atoms with van der Waals surface area (Å²) in [5.41, 5.74) is 7.99. The van der Waals surface area contributed by atoms with Crippen molar-refractivity contribution in [2.24, 2.45) is 0 Å². The van der Waals surface area contributed by atoms with E-state index in [0.29, 0.717) is 17.5 Å². The summed E-state index contributed by atoms with van der Waals surface area (Å²) < 4.78 is 11.1. The third kappa shape index (κ3) is 4.62. The van der Waals surface area contributed by atoms with Gasteiger partial charge in [-0.3, -0.25) is 0 Å². The Kier molecular flexibility index (Phi) is 6.44. The number of aromatic nitrogens is 4. The Hall–Kier alpha value is -7.15. The fourth-order valence-corrected chi connectivity index (χ4v) is 9.51. The highest BCUT2D eigenvalue weighted by Gasteiger charge is 2.20. The smallest absolute Gasteiger partial charge is 0.164 e. The van der Waals surface area contributed by atoms with Crippen LogP contribution in [0.2, 0.25) is 0 Å². The number of hydrogen-bond acceptors (Lipinski definition) is 5. The molecule has 4 aromatic heterocycles. The number of fused-ring (bicyclic) bond motifs is 11. The Balaban J connectivity index is 1.05. The lowest BCUT2D eigenvalue weighted by Crippen LogP contribution is -2.00. The molecule has 0 unspecified atom stereocenters. The number of nitrogens with zero attached hydrogens (tertiary/aromatic N) is 4. The zero-order valence-corrected chi connectivity index (χ0v) is 30.1. The maximum absolute atomic E-state index is 6.25. The van der Waals surface area contributed by atoms with Crippen molar-refractivity contribution >= 4 is 86.0 Å². The number of benzene rings is 8. The SMILES string of the molecule is c1ccc(-c2nc(-c3ccc4c(c3)oc3ccccc34)nc(-c3ccc4c(c3)sc3cccc(-n5c6ccccc6c6c7ccccc7ccc65)c34)n2)cc1. The standard InChI is InChI=1S/C49H28N4OS/c1-2-12-30(13-3-1)47-50-48(31-21-24-35-34-15-7-9-19-41(34)54-42(35)27-31)52-49(51-47)32-22-25-37-44(28-32)55-43-20-10-18-39(46(37)43)53-38-17-8-6-16-36(38)45-33-14-5-4-11-29(33)23-26-40(45)53/h1-28H. The van der Waals surface area contributed by atoms with E-state index in [-0.39, 0.29) is 0 Å². The summed E-state index contributed by atoms with van der Waals surface area (Å²) in [7, 11) is 0. The van der Waals surface area contributed by atoms with E-state index >= 15 is 0 Å². The molecule has 0 atom stereocenters. The van der Waals surface area contributed by atoms with Crippen LogP contribution in [0, 0.1) is 0 Å². The maximum Gasteiger partial charge on any atom is 0.164 e. The lowest BCUT2D eigenvalue weighted by molar-refractivity contribution is 0.669. The Morgan fingerprint density at radius 3 is 1.93 bits per heavy atom. The van der Waals surface area contributed by atoms with Gasteiger partial charge in [0.2, 0.25) is 0 Å². The summed E-state index contributed by atoms with van der Waals surface area (Å²) in [5.74, 6) is 1.86. The van der Waals surface area contributed by atoms with Crippen LogP contribution in [0.15, 0.2) is 174 Å². The fourth-order valence-electron chi connectivity index (χ4n) is 8.35. The van der Waals surface area contributed by atoms with E-state index in [0.717, 1.165) is 38.6 Å². The Labute approximate surface area is 318 Å². The van der Waals surface area contributed by atoms with Gasteiger partial charge >= 0.3 is 0 Å². The number of thiophene rings is 1. The van der Waals surface area contributed by atoms with Crippen molar-refractivity contribution in [3.05, 3.63) is 170 Å². The van der Waals surface area contributed by atoms with Gasteiger partial charge in [0, 0.05) is 58.4 Å². The summed E-state index contributed by atoms with van der Waals surface area (Å²) in [6.07, 6.45) is 0. The average molecular weight is 721 g/mol. The van der Waals surface area contributed by atoms with Crippen molar-refractivity contribution in [1.82, 2.24) is 19.5 Å². The molecule has 0 saturated heterocycles. The third-order valence-electron chi connectivity index (χ3n) is 10.8. The van der Waals surface area contributed by atoms with E-state index in [9.17, 15) is 0 Å². The molecule has 0 N–H and O–H groups in total. The predicted octanol–water partition coefficient (Wildman–Crippen LogP) is 13.4. The van der Waals surface area contributed by atoms with Crippen molar-refractivity contribution in [2.75, 3.05) is 0 Å². The van der Waals surface area contributed by atoms with Crippen LogP contribution in [0.4, 0.5) is 0 Å². The van der Waals surface area contributed by atoms with Gasteiger partial charge in [-0.05, 0) is 59.3 Å². The lowest BCUT2D eigenvalue weighted by atomic mass is 10.0. The van der Waals surface area contributed by atoms with Crippen LogP contribution >= 0.6 is 11.3 Å². The zero-order chi connectivity index (χ0) is 36.0. The van der Waals surface area contributed by atoms with Gasteiger partial charge in [-0.2, -0.15) is 0 Å². The largest absolute Gasteiger partial charge is 0.456 e. The molecule has 4 heterocycles. The Morgan fingerprint density at radius 2 is 1.07 bits per heavy atom. The van der Waals surface area contributed by atoms with E-state index in [4.69, 9.17) is 19.4 Å². The minimum absolute atomic E-state index is 0.601. The lowest BCUT2D eigenvalue weighted by Gasteiger charge is -2.11. The summed E-state index contributed by atoms with van der Waals surface area (Å²) in [5, 5.41) is 9.67. The van der Waals surface area contributed by atoms with Gasteiger partial charge in [0.15, 0.2) is 17.5 Å². The first kappa shape index (κ1) is 30.3. The van der Waals surface area contributed by atoms with Gasteiger partial charge in [-0.1, -0.05) is 121 Å². The molecule has 0 saturated carbocycles. The normalized spacial score (nSPS) is 12.0.